The Morgan fingerprint density at radius 3 is 2.53 bits per heavy atom. The predicted octanol–water partition coefficient (Wildman–Crippen LogP) is 1.40. The highest BCUT2D eigenvalue weighted by molar-refractivity contribution is 5.80. The van der Waals surface area contributed by atoms with E-state index in [0.717, 1.165) is 5.56 Å². The molecule has 0 atom stereocenters. The zero-order valence-corrected chi connectivity index (χ0v) is 8.26. The van der Waals surface area contributed by atoms with E-state index in [0.29, 0.717) is 17.5 Å². The molecule has 1 aromatic rings. The van der Waals surface area contributed by atoms with Crippen LogP contribution in [0, 0.1) is 0 Å². The molecular weight excluding hydrogens is 190 g/mol. The molecule has 0 aromatic heterocycles. The lowest BCUT2D eigenvalue weighted by atomic mass is 10.1. The summed E-state index contributed by atoms with van der Waals surface area (Å²) in [5, 5.41) is 8.62. The van der Waals surface area contributed by atoms with Crippen molar-refractivity contribution in [2.45, 2.75) is 0 Å². The molecule has 0 aliphatic rings. The molecule has 0 heterocycles. The van der Waals surface area contributed by atoms with Gasteiger partial charge in [-0.1, -0.05) is 24.3 Å². The van der Waals surface area contributed by atoms with E-state index >= 15 is 0 Å². The van der Waals surface area contributed by atoms with Crippen molar-refractivity contribution in [3.05, 3.63) is 47.6 Å². The SMILES string of the molecule is Nc1ccc(/C=C/C(C=O)=C\CO)cc1. The molecule has 0 bridgehead atoms. The Bertz CT molecular complexity index is 377. The van der Waals surface area contributed by atoms with Gasteiger partial charge in [0.15, 0.2) is 0 Å². The van der Waals surface area contributed by atoms with Crippen LogP contribution in [-0.2, 0) is 4.79 Å². The van der Waals surface area contributed by atoms with Crippen LogP contribution in [0.5, 0.6) is 0 Å². The van der Waals surface area contributed by atoms with E-state index in [-0.39, 0.29) is 6.61 Å². The van der Waals surface area contributed by atoms with Gasteiger partial charge in [-0.25, -0.2) is 0 Å². The third kappa shape index (κ3) is 3.79. The van der Waals surface area contributed by atoms with Crippen LogP contribution in [0.25, 0.3) is 6.08 Å². The first kappa shape index (κ1) is 11.2. The summed E-state index contributed by atoms with van der Waals surface area (Å²) in [5.41, 5.74) is 7.64. The fourth-order valence-electron chi connectivity index (χ4n) is 1.06. The number of rotatable bonds is 4. The van der Waals surface area contributed by atoms with E-state index in [9.17, 15) is 4.79 Å². The summed E-state index contributed by atoms with van der Waals surface area (Å²) in [6.45, 7) is -0.139. The first-order valence-electron chi connectivity index (χ1n) is 4.56. The Balaban J connectivity index is 2.76. The molecule has 78 valence electrons. The molecule has 3 heteroatoms. The van der Waals surface area contributed by atoms with Crippen LogP contribution in [0.3, 0.4) is 0 Å². The number of carbonyl (C=O) groups is 1. The second kappa shape index (κ2) is 5.78. The van der Waals surface area contributed by atoms with E-state index < -0.39 is 0 Å². The van der Waals surface area contributed by atoms with E-state index in [1.165, 1.54) is 6.08 Å². The molecule has 0 saturated carbocycles. The van der Waals surface area contributed by atoms with Crippen LogP contribution in [0.1, 0.15) is 5.56 Å². The average Bonchev–Trinajstić information content (AvgIpc) is 2.26. The summed E-state index contributed by atoms with van der Waals surface area (Å²) in [7, 11) is 0. The molecule has 0 aliphatic carbocycles. The number of anilines is 1. The largest absolute Gasteiger partial charge is 0.399 e. The second-order valence-corrected chi connectivity index (χ2v) is 3.00. The van der Waals surface area contributed by atoms with E-state index in [1.807, 2.05) is 12.1 Å². The van der Waals surface area contributed by atoms with Gasteiger partial charge in [-0.3, -0.25) is 4.79 Å². The molecule has 0 saturated heterocycles. The number of aldehydes is 1. The number of hydrogen-bond acceptors (Lipinski definition) is 3. The molecule has 1 aromatic carbocycles. The van der Waals surface area contributed by atoms with E-state index in [4.69, 9.17) is 10.8 Å². The van der Waals surface area contributed by atoms with Crippen LogP contribution < -0.4 is 5.73 Å². The van der Waals surface area contributed by atoms with Gasteiger partial charge in [0.1, 0.15) is 6.29 Å². The minimum atomic E-state index is -0.139. The molecule has 0 fully saturated rings. The van der Waals surface area contributed by atoms with Gasteiger partial charge in [-0.2, -0.15) is 0 Å². The van der Waals surface area contributed by atoms with Crippen molar-refractivity contribution in [1.82, 2.24) is 0 Å². The summed E-state index contributed by atoms with van der Waals surface area (Å²) in [5.74, 6) is 0. The average molecular weight is 203 g/mol. The van der Waals surface area contributed by atoms with Crippen LogP contribution in [0.4, 0.5) is 5.69 Å². The van der Waals surface area contributed by atoms with Gasteiger partial charge in [0.05, 0.1) is 6.61 Å². The minimum Gasteiger partial charge on any atom is -0.399 e. The van der Waals surface area contributed by atoms with Gasteiger partial charge in [0, 0.05) is 11.3 Å². The number of hydrogen-bond donors (Lipinski definition) is 2. The van der Waals surface area contributed by atoms with Gasteiger partial charge in [-0.05, 0) is 23.8 Å². The van der Waals surface area contributed by atoms with Gasteiger partial charge >= 0.3 is 0 Å². The smallest absolute Gasteiger partial charge is 0.149 e. The highest BCUT2D eigenvalue weighted by Gasteiger charge is 1.89. The second-order valence-electron chi connectivity index (χ2n) is 3.00. The monoisotopic (exact) mass is 203 g/mol. The summed E-state index contributed by atoms with van der Waals surface area (Å²) < 4.78 is 0. The van der Waals surface area contributed by atoms with Gasteiger partial charge in [-0.15, -0.1) is 0 Å². The third-order valence-electron chi connectivity index (χ3n) is 1.87. The van der Waals surface area contributed by atoms with Gasteiger partial charge < -0.3 is 10.8 Å². The number of nitrogens with two attached hydrogens (primary N) is 1. The van der Waals surface area contributed by atoms with Crippen LogP contribution >= 0.6 is 0 Å². The zero-order chi connectivity index (χ0) is 11.1. The van der Waals surface area contributed by atoms with E-state index in [1.54, 1.807) is 24.3 Å². The van der Waals surface area contributed by atoms with Gasteiger partial charge in [0.2, 0.25) is 0 Å². The lowest BCUT2D eigenvalue weighted by Gasteiger charge is -1.94. The normalized spacial score (nSPS) is 11.9. The van der Waals surface area contributed by atoms with Crippen molar-refractivity contribution in [3.8, 4) is 0 Å². The van der Waals surface area contributed by atoms with Crippen molar-refractivity contribution < 1.29 is 9.90 Å². The lowest BCUT2D eigenvalue weighted by molar-refractivity contribution is -0.104. The molecule has 0 unspecified atom stereocenters. The topological polar surface area (TPSA) is 63.3 Å². The quantitative estimate of drug-likeness (QED) is 0.336. The molecule has 0 spiro atoms. The predicted molar refractivity (Wildman–Crippen MR) is 61.1 cm³/mol. The maximum absolute atomic E-state index is 10.5. The summed E-state index contributed by atoms with van der Waals surface area (Å²) in [6.07, 6.45) is 5.58. The fraction of sp³-hybridized carbons (Fsp3) is 0.0833. The first-order chi connectivity index (χ1) is 7.26. The lowest BCUT2D eigenvalue weighted by Crippen LogP contribution is -1.84. The highest BCUT2D eigenvalue weighted by atomic mass is 16.2. The molecule has 3 N–H and O–H groups in total. The molecule has 0 amide bonds. The maximum Gasteiger partial charge on any atom is 0.149 e. The minimum absolute atomic E-state index is 0.139. The molecule has 15 heavy (non-hydrogen) atoms. The Hall–Kier alpha value is -1.87. The number of allylic oxidation sites excluding steroid dienone is 2. The summed E-state index contributed by atoms with van der Waals surface area (Å²) >= 11 is 0. The molecular formula is C12H13NO2. The van der Waals surface area contributed by atoms with Gasteiger partial charge in [0.25, 0.3) is 0 Å². The van der Waals surface area contributed by atoms with Crippen LogP contribution in [-0.4, -0.2) is 18.0 Å². The van der Waals surface area contributed by atoms with Crippen LogP contribution in [0.15, 0.2) is 42.0 Å². The third-order valence-corrected chi connectivity index (χ3v) is 1.87. The van der Waals surface area contributed by atoms with Crippen LogP contribution in [0.2, 0.25) is 0 Å². The van der Waals surface area contributed by atoms with Crippen molar-refractivity contribution >= 4 is 18.0 Å². The number of carbonyl (C=O) groups excluding carboxylic acids is 1. The number of aliphatic hydroxyl groups excluding tert-OH is 1. The number of nitrogen functional groups attached to an aromatic ring is 1. The molecule has 1 rings (SSSR count). The highest BCUT2D eigenvalue weighted by Crippen LogP contribution is 2.08. The zero-order valence-electron chi connectivity index (χ0n) is 8.26. The van der Waals surface area contributed by atoms with Crippen molar-refractivity contribution in [2.24, 2.45) is 0 Å². The standard InChI is InChI=1S/C12H13NO2/c13-12-5-3-10(4-6-12)1-2-11(9-15)7-8-14/h1-7,9,14H,8,13H2/b2-1+,11-7+. The Kier molecular flexibility index (Phi) is 4.31. The number of aliphatic hydroxyl groups is 1. The Morgan fingerprint density at radius 2 is 2.00 bits per heavy atom. The maximum atomic E-state index is 10.5. The Morgan fingerprint density at radius 1 is 1.33 bits per heavy atom. The molecule has 0 radical (unpaired) electrons. The number of benzene rings is 1. The van der Waals surface area contributed by atoms with E-state index in [2.05, 4.69) is 0 Å². The fourth-order valence-corrected chi connectivity index (χ4v) is 1.06. The molecule has 3 nitrogen and oxygen atoms in total. The summed E-state index contributed by atoms with van der Waals surface area (Å²) in [6, 6.07) is 7.28. The van der Waals surface area contributed by atoms with Crippen molar-refractivity contribution in [3.63, 3.8) is 0 Å². The summed E-state index contributed by atoms with van der Waals surface area (Å²) in [4.78, 5) is 10.5. The first-order valence-corrected chi connectivity index (χ1v) is 4.56. The Labute approximate surface area is 88.5 Å². The van der Waals surface area contributed by atoms with Crippen molar-refractivity contribution in [1.29, 1.82) is 0 Å². The van der Waals surface area contributed by atoms with Crippen molar-refractivity contribution in [2.75, 3.05) is 12.3 Å². The molecule has 0 aliphatic heterocycles.